The van der Waals surface area contributed by atoms with E-state index in [9.17, 15) is 0 Å². The minimum absolute atomic E-state index is 0.488. The van der Waals surface area contributed by atoms with Crippen LogP contribution in [0.2, 0.25) is 0 Å². The van der Waals surface area contributed by atoms with Crippen molar-refractivity contribution in [3.05, 3.63) is 29.6 Å². The van der Waals surface area contributed by atoms with Crippen LogP contribution in [-0.2, 0) is 6.54 Å². The highest BCUT2D eigenvalue weighted by Gasteiger charge is 2.04. The number of aromatic nitrogens is 1. The maximum atomic E-state index is 8.69. The summed E-state index contributed by atoms with van der Waals surface area (Å²) in [6.45, 7) is 6.42. The summed E-state index contributed by atoms with van der Waals surface area (Å²) in [7, 11) is 0. The van der Waals surface area contributed by atoms with Crippen molar-refractivity contribution in [2.45, 2.75) is 26.8 Å². The molecule has 1 heterocycles. The molecule has 0 saturated carbocycles. The molecule has 0 unspecified atom stereocenters. The molecule has 0 radical (unpaired) electrons. The van der Waals surface area contributed by atoms with E-state index in [1.165, 1.54) is 11.1 Å². The third kappa shape index (κ3) is 4.09. The van der Waals surface area contributed by atoms with Crippen molar-refractivity contribution < 1.29 is 0 Å². The summed E-state index contributed by atoms with van der Waals surface area (Å²) in [6.07, 6.45) is 4.78. The molecule has 1 rings (SSSR count). The average molecular weight is 203 g/mol. The summed E-state index contributed by atoms with van der Waals surface area (Å²) in [6, 6.07) is 4.31. The molecule has 80 valence electrons. The fourth-order valence-corrected chi connectivity index (χ4v) is 1.59. The third-order valence-corrected chi connectivity index (χ3v) is 2.17. The maximum Gasteiger partial charge on any atom is 0.0868 e. The second kappa shape index (κ2) is 6.15. The number of hydrogen-bond donors (Lipinski definition) is 0. The van der Waals surface area contributed by atoms with Crippen molar-refractivity contribution in [3.63, 3.8) is 0 Å². The topological polar surface area (TPSA) is 39.9 Å². The lowest BCUT2D eigenvalue weighted by atomic mass is 10.2. The molecule has 0 aliphatic rings. The van der Waals surface area contributed by atoms with Crippen LogP contribution in [0.25, 0.3) is 0 Å². The molecule has 3 nitrogen and oxygen atoms in total. The van der Waals surface area contributed by atoms with Crippen molar-refractivity contribution >= 4 is 0 Å². The fourth-order valence-electron chi connectivity index (χ4n) is 1.59. The van der Waals surface area contributed by atoms with E-state index in [0.717, 1.165) is 19.5 Å². The van der Waals surface area contributed by atoms with Gasteiger partial charge in [-0.25, -0.2) is 0 Å². The molecular weight excluding hydrogens is 186 g/mol. The molecule has 0 aromatic carbocycles. The van der Waals surface area contributed by atoms with E-state index in [1.807, 2.05) is 19.3 Å². The van der Waals surface area contributed by atoms with Crippen molar-refractivity contribution in [2.24, 2.45) is 0 Å². The molecule has 0 saturated heterocycles. The fraction of sp³-hybridized carbons (Fsp3) is 0.500. The number of nitrogens with zero attached hydrogens (tertiary/aromatic N) is 3. The lowest BCUT2D eigenvalue weighted by Crippen LogP contribution is -2.24. The first kappa shape index (κ1) is 11.7. The van der Waals surface area contributed by atoms with E-state index in [2.05, 4.69) is 28.9 Å². The Kier molecular flexibility index (Phi) is 4.79. The van der Waals surface area contributed by atoms with Gasteiger partial charge < -0.3 is 0 Å². The molecule has 3 heteroatoms. The largest absolute Gasteiger partial charge is 0.286 e. The minimum atomic E-state index is 0.488. The second-order valence-electron chi connectivity index (χ2n) is 3.74. The number of nitriles is 1. The highest BCUT2D eigenvalue weighted by molar-refractivity contribution is 5.16. The predicted molar refractivity (Wildman–Crippen MR) is 60.2 cm³/mol. The van der Waals surface area contributed by atoms with Gasteiger partial charge in [0.15, 0.2) is 0 Å². The van der Waals surface area contributed by atoms with Crippen molar-refractivity contribution in [2.75, 3.05) is 13.1 Å². The Balaban J connectivity index is 2.61. The normalized spacial score (nSPS) is 10.3. The molecule has 1 aromatic heterocycles. The summed E-state index contributed by atoms with van der Waals surface area (Å²) >= 11 is 0. The van der Waals surface area contributed by atoms with Gasteiger partial charge in [0.2, 0.25) is 0 Å². The molecule has 0 aliphatic heterocycles. The van der Waals surface area contributed by atoms with Gasteiger partial charge in [-0.2, -0.15) is 5.26 Å². The Labute approximate surface area is 91.4 Å². The monoisotopic (exact) mass is 203 g/mol. The molecule has 1 aromatic rings. The first-order chi connectivity index (χ1) is 7.26. The molecule has 0 spiro atoms. The van der Waals surface area contributed by atoms with Crippen molar-refractivity contribution in [1.29, 1.82) is 5.26 Å². The number of hydrogen-bond acceptors (Lipinski definition) is 3. The first-order valence-electron chi connectivity index (χ1n) is 5.26. The summed E-state index contributed by atoms with van der Waals surface area (Å²) in [5.74, 6) is 0. The van der Waals surface area contributed by atoms with Gasteiger partial charge in [-0.3, -0.25) is 9.88 Å². The minimum Gasteiger partial charge on any atom is -0.286 e. The van der Waals surface area contributed by atoms with Gasteiger partial charge in [-0.15, -0.1) is 0 Å². The van der Waals surface area contributed by atoms with E-state index >= 15 is 0 Å². The highest BCUT2D eigenvalue weighted by atomic mass is 15.1. The van der Waals surface area contributed by atoms with Gasteiger partial charge >= 0.3 is 0 Å². The van der Waals surface area contributed by atoms with Gasteiger partial charge in [-0.05, 0) is 31.0 Å². The van der Waals surface area contributed by atoms with Crippen LogP contribution < -0.4 is 0 Å². The van der Waals surface area contributed by atoms with E-state index in [1.54, 1.807) is 0 Å². The Hall–Kier alpha value is -1.40. The zero-order valence-electron chi connectivity index (χ0n) is 9.40. The van der Waals surface area contributed by atoms with Crippen LogP contribution in [0, 0.1) is 18.3 Å². The van der Waals surface area contributed by atoms with Gasteiger partial charge in [-0.1, -0.05) is 13.0 Å². The maximum absolute atomic E-state index is 8.69. The third-order valence-electron chi connectivity index (χ3n) is 2.17. The number of rotatable bonds is 5. The lowest BCUT2D eigenvalue weighted by molar-refractivity contribution is 0.298. The van der Waals surface area contributed by atoms with Crippen LogP contribution in [0.4, 0.5) is 0 Å². The van der Waals surface area contributed by atoms with Gasteiger partial charge in [0.25, 0.3) is 0 Å². The molecule has 0 atom stereocenters. The molecule has 0 aliphatic carbocycles. The summed E-state index contributed by atoms with van der Waals surface area (Å²) in [5.41, 5.74) is 2.35. The standard InChI is InChI=1S/C12H17N3/c1-3-5-15(6-4-13)10-12-7-11(2)8-14-9-12/h7-9H,3,5-6,10H2,1-2H3. The number of pyridine rings is 1. The zero-order chi connectivity index (χ0) is 11.1. The predicted octanol–water partition coefficient (Wildman–Crippen LogP) is 2.13. The van der Waals surface area contributed by atoms with Crippen LogP contribution in [-0.4, -0.2) is 23.0 Å². The quantitative estimate of drug-likeness (QED) is 0.688. The average Bonchev–Trinajstić information content (AvgIpc) is 2.18. The van der Waals surface area contributed by atoms with Crippen molar-refractivity contribution in [1.82, 2.24) is 9.88 Å². The van der Waals surface area contributed by atoms with Crippen LogP contribution >= 0.6 is 0 Å². The van der Waals surface area contributed by atoms with E-state index in [4.69, 9.17) is 5.26 Å². The number of aryl methyl sites for hydroxylation is 1. The smallest absolute Gasteiger partial charge is 0.0868 e. The Morgan fingerprint density at radius 2 is 2.27 bits per heavy atom. The SMILES string of the molecule is CCCN(CC#N)Cc1cncc(C)c1. The van der Waals surface area contributed by atoms with E-state index < -0.39 is 0 Å². The van der Waals surface area contributed by atoms with E-state index in [-0.39, 0.29) is 0 Å². The van der Waals surface area contributed by atoms with Crippen LogP contribution in [0.1, 0.15) is 24.5 Å². The Bertz CT molecular complexity index is 341. The van der Waals surface area contributed by atoms with Gasteiger partial charge in [0.05, 0.1) is 12.6 Å². The second-order valence-corrected chi connectivity index (χ2v) is 3.74. The van der Waals surface area contributed by atoms with Crippen LogP contribution in [0.5, 0.6) is 0 Å². The molecular formula is C12H17N3. The lowest BCUT2D eigenvalue weighted by Gasteiger charge is -2.17. The molecule has 0 N–H and O–H groups in total. The Morgan fingerprint density at radius 3 is 2.87 bits per heavy atom. The van der Waals surface area contributed by atoms with Crippen LogP contribution in [0.3, 0.4) is 0 Å². The Morgan fingerprint density at radius 1 is 1.47 bits per heavy atom. The van der Waals surface area contributed by atoms with Gasteiger partial charge in [0, 0.05) is 18.9 Å². The van der Waals surface area contributed by atoms with Gasteiger partial charge in [0.1, 0.15) is 0 Å². The summed E-state index contributed by atoms with van der Waals surface area (Å²) < 4.78 is 0. The molecule has 0 fully saturated rings. The van der Waals surface area contributed by atoms with Crippen molar-refractivity contribution in [3.8, 4) is 6.07 Å². The zero-order valence-corrected chi connectivity index (χ0v) is 9.40. The molecule has 15 heavy (non-hydrogen) atoms. The van der Waals surface area contributed by atoms with Crippen LogP contribution in [0.15, 0.2) is 18.5 Å². The summed E-state index contributed by atoms with van der Waals surface area (Å²) in [5, 5.41) is 8.69. The summed E-state index contributed by atoms with van der Waals surface area (Å²) in [4.78, 5) is 6.28. The molecule has 0 amide bonds. The van der Waals surface area contributed by atoms with E-state index in [0.29, 0.717) is 6.54 Å². The highest BCUT2D eigenvalue weighted by Crippen LogP contribution is 2.05. The molecule has 0 bridgehead atoms. The first-order valence-corrected chi connectivity index (χ1v) is 5.26.